The Morgan fingerprint density at radius 3 is 2.44 bits per heavy atom. The molecule has 1 rings (SSSR count). The summed E-state index contributed by atoms with van der Waals surface area (Å²) in [5.41, 5.74) is 0.944. The van der Waals surface area contributed by atoms with Gasteiger partial charge in [-0.2, -0.15) is 12.7 Å². The third-order valence-corrected chi connectivity index (χ3v) is 2.86. The molecule has 0 aliphatic heterocycles. The molecule has 0 amide bonds. The maximum atomic E-state index is 11.5. The highest BCUT2D eigenvalue weighted by Crippen LogP contribution is 2.13. The van der Waals surface area contributed by atoms with Crippen LogP contribution in [0.15, 0.2) is 34.3 Å². The minimum atomic E-state index is -3.91. The molecule has 84 valence electrons. The van der Waals surface area contributed by atoms with Crippen molar-refractivity contribution in [2.24, 2.45) is 5.16 Å². The number of oxime groups is 1. The van der Waals surface area contributed by atoms with E-state index in [1.165, 1.54) is 19.1 Å². The van der Waals surface area contributed by atoms with Crippen LogP contribution in [0.2, 0.25) is 0 Å². The molecule has 0 spiro atoms. The first kappa shape index (κ1) is 12.2. The predicted octanol–water partition coefficient (Wildman–Crippen LogP) is 1.95. The zero-order valence-electron chi connectivity index (χ0n) is 8.84. The number of hydrogen-bond acceptors (Lipinski definition) is 4. The van der Waals surface area contributed by atoms with Gasteiger partial charge in [-0.15, -0.1) is 0 Å². The van der Waals surface area contributed by atoms with E-state index in [-0.39, 0.29) is 10.7 Å². The highest BCUT2D eigenvalue weighted by atomic mass is 32.2. The minimum absolute atomic E-state index is 0.0135. The summed E-state index contributed by atoms with van der Waals surface area (Å²) in [5.74, 6) is -0.0734. The van der Waals surface area contributed by atoms with Gasteiger partial charge in [0, 0.05) is 0 Å². The van der Waals surface area contributed by atoms with Crippen molar-refractivity contribution in [1.29, 1.82) is 0 Å². The van der Waals surface area contributed by atoms with Gasteiger partial charge in [0.2, 0.25) is 0 Å². The fraction of sp³-hybridized carbons (Fsp3) is 0.200. The maximum absolute atomic E-state index is 11.5. The number of hydrogen-bond donors (Lipinski definition) is 0. The van der Waals surface area contributed by atoms with Crippen molar-refractivity contribution in [2.75, 3.05) is 0 Å². The molecular weight excluding hydrogens is 228 g/mol. The summed E-state index contributed by atoms with van der Waals surface area (Å²) in [4.78, 5) is 2.92. The summed E-state index contributed by atoms with van der Waals surface area (Å²) in [7, 11) is -3.91. The van der Waals surface area contributed by atoms with Gasteiger partial charge >= 0.3 is 10.1 Å². The Morgan fingerprint density at radius 2 is 1.94 bits per heavy atom. The standard InChI is InChI=1S/C10H10N2O3S/c1-8-4-6-10(7-5-8)16(13,14)15-12-9(2)11-3/h4-7H,1-2H3/b12-9+. The SMILES string of the molecule is [C-]#[N+]/C(C)=N/OS(=O)(=O)c1ccc(C)cc1. The van der Waals surface area contributed by atoms with Gasteiger partial charge in [0.15, 0.2) is 0 Å². The molecule has 0 unspecified atom stereocenters. The lowest BCUT2D eigenvalue weighted by atomic mass is 10.2. The quantitative estimate of drug-likeness (QED) is 0.350. The number of amidine groups is 1. The Balaban J connectivity index is 2.96. The molecule has 1 aromatic carbocycles. The topological polar surface area (TPSA) is 60.1 Å². The monoisotopic (exact) mass is 238 g/mol. The lowest BCUT2D eigenvalue weighted by Crippen LogP contribution is -2.03. The number of rotatable bonds is 3. The average Bonchev–Trinajstić information content (AvgIpc) is 2.26. The van der Waals surface area contributed by atoms with Gasteiger partial charge in [0.25, 0.3) is 5.84 Å². The molecule has 5 nitrogen and oxygen atoms in total. The van der Waals surface area contributed by atoms with Crippen molar-refractivity contribution in [3.05, 3.63) is 41.2 Å². The van der Waals surface area contributed by atoms with E-state index in [1.807, 2.05) is 6.92 Å². The second-order valence-electron chi connectivity index (χ2n) is 3.09. The van der Waals surface area contributed by atoms with Gasteiger partial charge in [-0.05, 0) is 26.0 Å². The van der Waals surface area contributed by atoms with Gasteiger partial charge in [-0.1, -0.05) is 24.3 Å². The van der Waals surface area contributed by atoms with Crippen LogP contribution < -0.4 is 0 Å². The summed E-state index contributed by atoms with van der Waals surface area (Å²) >= 11 is 0. The lowest BCUT2D eigenvalue weighted by molar-refractivity contribution is 0.339. The lowest BCUT2D eigenvalue weighted by Gasteiger charge is -1.98. The van der Waals surface area contributed by atoms with Crippen LogP contribution in [0.1, 0.15) is 12.5 Å². The van der Waals surface area contributed by atoms with Crippen molar-refractivity contribution in [2.45, 2.75) is 18.7 Å². The molecule has 0 bridgehead atoms. The first-order valence-electron chi connectivity index (χ1n) is 4.38. The van der Waals surface area contributed by atoms with Crippen LogP contribution in [-0.4, -0.2) is 14.3 Å². The highest BCUT2D eigenvalue weighted by molar-refractivity contribution is 7.86. The average molecular weight is 238 g/mol. The number of aryl methyl sites for hydroxylation is 1. The molecule has 0 aliphatic rings. The maximum Gasteiger partial charge on any atom is 0.378 e. The van der Waals surface area contributed by atoms with Crippen LogP contribution in [-0.2, 0) is 14.4 Å². The third kappa shape index (κ3) is 3.07. The van der Waals surface area contributed by atoms with Crippen molar-refractivity contribution in [3.8, 4) is 0 Å². The van der Waals surface area contributed by atoms with Gasteiger partial charge in [-0.3, -0.25) is 0 Å². The van der Waals surface area contributed by atoms with Crippen molar-refractivity contribution >= 4 is 16.0 Å². The Morgan fingerprint density at radius 1 is 1.38 bits per heavy atom. The highest BCUT2D eigenvalue weighted by Gasteiger charge is 2.17. The fourth-order valence-electron chi connectivity index (χ4n) is 0.871. The van der Waals surface area contributed by atoms with E-state index >= 15 is 0 Å². The Bertz CT molecular complexity index is 538. The number of nitrogens with zero attached hydrogens (tertiary/aromatic N) is 2. The molecule has 0 atom stereocenters. The summed E-state index contributed by atoms with van der Waals surface area (Å²) in [6, 6.07) is 6.16. The van der Waals surface area contributed by atoms with Crippen LogP contribution in [0.3, 0.4) is 0 Å². The summed E-state index contributed by atoms with van der Waals surface area (Å²) in [6.45, 7) is 9.77. The Labute approximate surface area is 94.3 Å². The van der Waals surface area contributed by atoms with Gasteiger partial charge < -0.3 is 4.85 Å². The molecule has 0 aromatic heterocycles. The van der Waals surface area contributed by atoms with Crippen LogP contribution >= 0.6 is 0 Å². The minimum Gasteiger partial charge on any atom is -0.361 e. The zero-order chi connectivity index (χ0) is 12.2. The van der Waals surface area contributed by atoms with E-state index in [9.17, 15) is 8.42 Å². The molecule has 0 radical (unpaired) electrons. The molecular formula is C10H10N2O3S. The summed E-state index contributed by atoms with van der Waals surface area (Å²) in [5, 5.41) is 3.19. The molecule has 6 heteroatoms. The van der Waals surface area contributed by atoms with Crippen molar-refractivity contribution < 1.29 is 12.7 Å². The smallest absolute Gasteiger partial charge is 0.361 e. The Hall–Kier alpha value is -1.87. The largest absolute Gasteiger partial charge is 0.378 e. The van der Waals surface area contributed by atoms with E-state index in [2.05, 4.69) is 14.3 Å². The van der Waals surface area contributed by atoms with Crippen LogP contribution in [0.4, 0.5) is 0 Å². The third-order valence-electron chi connectivity index (χ3n) is 1.74. The summed E-state index contributed by atoms with van der Waals surface area (Å²) < 4.78 is 27.4. The molecule has 16 heavy (non-hydrogen) atoms. The zero-order valence-corrected chi connectivity index (χ0v) is 9.65. The number of benzene rings is 1. The van der Waals surface area contributed by atoms with Gasteiger partial charge in [0.05, 0.1) is 5.16 Å². The van der Waals surface area contributed by atoms with E-state index in [1.54, 1.807) is 12.1 Å². The molecule has 0 N–H and O–H groups in total. The molecule has 0 saturated carbocycles. The summed E-state index contributed by atoms with van der Waals surface area (Å²) in [6.07, 6.45) is 0. The van der Waals surface area contributed by atoms with Crippen molar-refractivity contribution in [1.82, 2.24) is 0 Å². The van der Waals surface area contributed by atoms with E-state index in [0.717, 1.165) is 5.56 Å². The molecule has 1 aromatic rings. The second kappa shape index (κ2) is 4.77. The fourth-order valence-corrected chi connectivity index (χ4v) is 1.63. The molecule has 0 saturated heterocycles. The van der Waals surface area contributed by atoms with Gasteiger partial charge in [0.1, 0.15) is 4.90 Å². The molecule has 0 aliphatic carbocycles. The first-order valence-corrected chi connectivity index (χ1v) is 5.79. The van der Waals surface area contributed by atoms with Crippen LogP contribution in [0.25, 0.3) is 4.85 Å². The second-order valence-corrected chi connectivity index (χ2v) is 4.62. The van der Waals surface area contributed by atoms with Crippen molar-refractivity contribution in [3.63, 3.8) is 0 Å². The normalized spacial score (nSPS) is 11.9. The van der Waals surface area contributed by atoms with E-state index in [0.29, 0.717) is 0 Å². The Kier molecular flexibility index (Phi) is 3.64. The predicted molar refractivity (Wildman–Crippen MR) is 59.2 cm³/mol. The molecule has 0 heterocycles. The van der Waals surface area contributed by atoms with Crippen LogP contribution in [0.5, 0.6) is 0 Å². The first-order chi connectivity index (χ1) is 7.45. The van der Waals surface area contributed by atoms with E-state index < -0.39 is 10.1 Å². The molecule has 0 fully saturated rings. The van der Waals surface area contributed by atoms with Gasteiger partial charge in [-0.25, -0.2) is 0 Å². The van der Waals surface area contributed by atoms with Crippen LogP contribution in [0, 0.1) is 13.5 Å². The van der Waals surface area contributed by atoms with E-state index in [4.69, 9.17) is 6.57 Å².